The lowest BCUT2D eigenvalue weighted by Gasteiger charge is -2.39. The molecule has 3 rings (SSSR count). The van der Waals surface area contributed by atoms with Crippen LogP contribution in [0.25, 0.3) is 0 Å². The van der Waals surface area contributed by atoms with Crippen molar-refractivity contribution in [3.8, 4) is 0 Å². The molecule has 2 N–H and O–H groups in total. The molecule has 1 aromatic rings. The van der Waals surface area contributed by atoms with Crippen LogP contribution in [-0.4, -0.2) is 97.4 Å². The Labute approximate surface area is 215 Å². The number of amides is 2. The van der Waals surface area contributed by atoms with Gasteiger partial charge in [-0.2, -0.15) is 0 Å². The van der Waals surface area contributed by atoms with Gasteiger partial charge >= 0.3 is 0 Å². The molecule has 0 saturated carbocycles. The molecule has 184 valence electrons. The van der Waals surface area contributed by atoms with E-state index in [1.165, 1.54) is 5.56 Å². The van der Waals surface area contributed by atoms with Gasteiger partial charge in [0.1, 0.15) is 6.54 Å². The number of aliphatic imine (C=N–C) groups is 1. The number of rotatable bonds is 8. The van der Waals surface area contributed by atoms with Crippen molar-refractivity contribution in [2.75, 3.05) is 58.9 Å². The number of likely N-dealkylation sites (tertiary alicyclic amines) is 1. The van der Waals surface area contributed by atoms with E-state index in [0.29, 0.717) is 6.54 Å². The van der Waals surface area contributed by atoms with E-state index < -0.39 is 0 Å². The van der Waals surface area contributed by atoms with Crippen molar-refractivity contribution in [3.05, 3.63) is 35.9 Å². The van der Waals surface area contributed by atoms with E-state index in [1.807, 2.05) is 36.9 Å². The number of halogens is 1. The predicted octanol–water partition coefficient (Wildman–Crippen LogP) is 1.56. The van der Waals surface area contributed by atoms with Gasteiger partial charge in [0.25, 0.3) is 0 Å². The van der Waals surface area contributed by atoms with Gasteiger partial charge in [-0.3, -0.25) is 14.5 Å². The lowest BCUT2D eigenvalue weighted by Crippen LogP contribution is -2.57. The zero-order chi connectivity index (χ0) is 22.8. The van der Waals surface area contributed by atoms with Gasteiger partial charge in [-0.15, -0.1) is 24.0 Å². The second-order valence-electron chi connectivity index (χ2n) is 8.49. The van der Waals surface area contributed by atoms with Crippen LogP contribution in [0.4, 0.5) is 0 Å². The van der Waals surface area contributed by atoms with Crippen molar-refractivity contribution in [3.63, 3.8) is 0 Å². The Kier molecular flexibility index (Phi) is 11.9. The van der Waals surface area contributed by atoms with Crippen molar-refractivity contribution in [1.82, 2.24) is 25.3 Å². The van der Waals surface area contributed by atoms with E-state index in [4.69, 9.17) is 0 Å². The van der Waals surface area contributed by atoms with E-state index in [1.54, 1.807) is 0 Å². The number of guanidine groups is 1. The van der Waals surface area contributed by atoms with Crippen LogP contribution in [0.2, 0.25) is 0 Å². The molecular weight excluding hydrogens is 531 g/mol. The molecule has 2 fully saturated rings. The van der Waals surface area contributed by atoms with Crippen LogP contribution in [0.5, 0.6) is 0 Å². The lowest BCUT2D eigenvalue weighted by atomic mass is 10.1. The number of carbonyl (C=O) groups is 2. The summed E-state index contributed by atoms with van der Waals surface area (Å²) in [6.07, 6.45) is 3.05. The smallest absolute Gasteiger partial charge is 0.241 e. The maximum absolute atomic E-state index is 12.7. The van der Waals surface area contributed by atoms with Gasteiger partial charge in [-0.05, 0) is 38.7 Å². The van der Waals surface area contributed by atoms with Crippen LogP contribution in [0.1, 0.15) is 32.3 Å². The number of benzene rings is 1. The Morgan fingerprint density at radius 1 is 0.970 bits per heavy atom. The van der Waals surface area contributed by atoms with Gasteiger partial charge in [0, 0.05) is 52.4 Å². The van der Waals surface area contributed by atoms with E-state index in [-0.39, 0.29) is 48.4 Å². The largest absolute Gasteiger partial charge is 0.357 e. The summed E-state index contributed by atoms with van der Waals surface area (Å²) in [5, 5.41) is 6.25. The highest BCUT2D eigenvalue weighted by atomic mass is 127. The Morgan fingerprint density at radius 2 is 1.64 bits per heavy atom. The van der Waals surface area contributed by atoms with Crippen LogP contribution < -0.4 is 10.6 Å². The highest BCUT2D eigenvalue weighted by molar-refractivity contribution is 14.0. The summed E-state index contributed by atoms with van der Waals surface area (Å²) < 4.78 is 0. The standard InChI is InChI=1S/C24H38N6O2.HI/c1-3-25-24(27-19-22(31)26-12-11-21-9-5-4-6-10-21)30-17-15-28(16-18-30)20(2)23(32)29-13-7-8-14-29;/h4-6,9-10,20H,3,7-8,11-19H2,1-2H3,(H,25,27)(H,26,31);1H. The topological polar surface area (TPSA) is 80.3 Å². The molecule has 1 unspecified atom stereocenters. The molecule has 2 aliphatic heterocycles. The fraction of sp³-hybridized carbons (Fsp3) is 0.625. The molecule has 9 heteroatoms. The summed E-state index contributed by atoms with van der Waals surface area (Å²) in [5.74, 6) is 0.951. The minimum Gasteiger partial charge on any atom is -0.357 e. The fourth-order valence-corrected chi connectivity index (χ4v) is 4.30. The number of nitrogens with one attached hydrogen (secondary N) is 2. The molecule has 1 aromatic carbocycles. The summed E-state index contributed by atoms with van der Waals surface area (Å²) in [6, 6.07) is 10.1. The van der Waals surface area contributed by atoms with Gasteiger partial charge < -0.3 is 20.4 Å². The van der Waals surface area contributed by atoms with Gasteiger partial charge in [-0.25, -0.2) is 4.99 Å². The lowest BCUT2D eigenvalue weighted by molar-refractivity contribution is -0.135. The van der Waals surface area contributed by atoms with Gasteiger partial charge in [0.15, 0.2) is 5.96 Å². The molecule has 8 nitrogen and oxygen atoms in total. The van der Waals surface area contributed by atoms with Crippen molar-refractivity contribution in [1.29, 1.82) is 0 Å². The number of piperazine rings is 1. The molecule has 1 atom stereocenters. The average Bonchev–Trinajstić information content (AvgIpc) is 3.37. The molecule has 2 saturated heterocycles. The molecule has 0 aliphatic carbocycles. The third-order valence-electron chi connectivity index (χ3n) is 6.22. The fourth-order valence-electron chi connectivity index (χ4n) is 4.30. The second kappa shape index (κ2) is 14.4. The molecule has 2 heterocycles. The average molecular weight is 571 g/mol. The van der Waals surface area contributed by atoms with Crippen molar-refractivity contribution in [2.45, 2.75) is 39.2 Å². The molecule has 0 radical (unpaired) electrons. The zero-order valence-corrected chi connectivity index (χ0v) is 22.3. The molecule has 2 amide bonds. The number of nitrogens with zero attached hydrogens (tertiary/aromatic N) is 4. The van der Waals surface area contributed by atoms with Crippen LogP contribution in [0, 0.1) is 0 Å². The van der Waals surface area contributed by atoms with Crippen molar-refractivity contribution >= 4 is 41.8 Å². The third kappa shape index (κ3) is 8.44. The Hall–Kier alpha value is -1.88. The molecule has 0 aromatic heterocycles. The van der Waals surface area contributed by atoms with Gasteiger partial charge in [-0.1, -0.05) is 30.3 Å². The van der Waals surface area contributed by atoms with Crippen molar-refractivity contribution in [2.24, 2.45) is 4.99 Å². The third-order valence-corrected chi connectivity index (χ3v) is 6.22. The quantitative estimate of drug-likeness (QED) is 0.282. The first-order chi connectivity index (χ1) is 15.6. The highest BCUT2D eigenvalue weighted by Gasteiger charge is 2.30. The molecule has 33 heavy (non-hydrogen) atoms. The Balaban J connectivity index is 0.00000385. The van der Waals surface area contributed by atoms with Crippen LogP contribution >= 0.6 is 24.0 Å². The molecule has 0 spiro atoms. The van der Waals surface area contributed by atoms with E-state index in [0.717, 1.165) is 71.0 Å². The summed E-state index contributed by atoms with van der Waals surface area (Å²) >= 11 is 0. The maximum Gasteiger partial charge on any atom is 0.241 e. The zero-order valence-electron chi connectivity index (χ0n) is 20.0. The van der Waals surface area contributed by atoms with E-state index in [2.05, 4.69) is 37.6 Å². The Bertz CT molecular complexity index is 761. The molecule has 0 bridgehead atoms. The van der Waals surface area contributed by atoms with E-state index in [9.17, 15) is 9.59 Å². The van der Waals surface area contributed by atoms with Gasteiger partial charge in [0.05, 0.1) is 6.04 Å². The second-order valence-corrected chi connectivity index (χ2v) is 8.49. The summed E-state index contributed by atoms with van der Waals surface area (Å²) in [7, 11) is 0. The molecule has 2 aliphatic rings. The predicted molar refractivity (Wildman–Crippen MR) is 143 cm³/mol. The summed E-state index contributed by atoms with van der Waals surface area (Å²) in [5.41, 5.74) is 1.21. The van der Waals surface area contributed by atoms with Gasteiger partial charge in [0.2, 0.25) is 11.8 Å². The highest BCUT2D eigenvalue weighted by Crippen LogP contribution is 2.14. The monoisotopic (exact) mass is 570 g/mol. The van der Waals surface area contributed by atoms with Crippen LogP contribution in [0.15, 0.2) is 35.3 Å². The SMILES string of the molecule is CCNC(=NCC(=O)NCCc1ccccc1)N1CCN(C(C)C(=O)N2CCCC2)CC1.I. The minimum atomic E-state index is -0.0786. The minimum absolute atomic E-state index is 0. The number of hydrogen-bond donors (Lipinski definition) is 2. The maximum atomic E-state index is 12.7. The molecular formula is C24H39IN6O2. The first-order valence-corrected chi connectivity index (χ1v) is 11.9. The number of carbonyl (C=O) groups excluding carboxylic acids is 2. The van der Waals surface area contributed by atoms with E-state index >= 15 is 0 Å². The van der Waals surface area contributed by atoms with Crippen LogP contribution in [-0.2, 0) is 16.0 Å². The van der Waals surface area contributed by atoms with Crippen molar-refractivity contribution < 1.29 is 9.59 Å². The summed E-state index contributed by atoms with van der Waals surface area (Å²) in [6.45, 7) is 10.5. The Morgan fingerprint density at radius 3 is 2.27 bits per heavy atom. The normalized spacial score (nSPS) is 17.9. The van der Waals surface area contributed by atoms with Crippen LogP contribution in [0.3, 0.4) is 0 Å². The summed E-state index contributed by atoms with van der Waals surface area (Å²) in [4.78, 5) is 36.0. The first-order valence-electron chi connectivity index (χ1n) is 11.9. The number of hydrogen-bond acceptors (Lipinski definition) is 4. The first kappa shape index (κ1) is 27.4.